The maximum Gasteiger partial charge on any atom is 0.134 e. The van der Waals surface area contributed by atoms with Gasteiger partial charge in [-0.2, -0.15) is 0 Å². The minimum Gasteiger partial charge on any atom is -0.457 e. The van der Waals surface area contributed by atoms with E-state index in [1.54, 1.807) is 0 Å². The third-order valence-corrected chi connectivity index (χ3v) is 11.6. The first kappa shape index (κ1) is 27.9. The molecule has 3 heteroatoms. The molecule has 2 aromatic heterocycles. The van der Waals surface area contributed by atoms with E-state index in [9.17, 15) is 0 Å². The first-order valence-electron chi connectivity index (χ1n) is 17.9. The van der Waals surface area contributed by atoms with Crippen molar-refractivity contribution in [3.05, 3.63) is 204 Å². The number of ether oxygens (including phenoxy) is 1. The first-order valence-corrected chi connectivity index (χ1v) is 17.9. The third-order valence-electron chi connectivity index (χ3n) is 11.6. The summed E-state index contributed by atoms with van der Waals surface area (Å²) in [6.07, 6.45) is 0. The zero-order chi connectivity index (χ0) is 34.0. The summed E-state index contributed by atoms with van der Waals surface area (Å²) < 4.78 is 11.8. The van der Waals surface area contributed by atoms with Crippen molar-refractivity contribution < 1.29 is 4.74 Å². The van der Waals surface area contributed by atoms with Crippen LogP contribution >= 0.6 is 0 Å². The highest BCUT2D eigenvalue weighted by Gasteiger charge is 2.51. The van der Waals surface area contributed by atoms with Gasteiger partial charge in [-0.05, 0) is 82.9 Å². The summed E-state index contributed by atoms with van der Waals surface area (Å²) >= 11 is 0. The smallest absolute Gasteiger partial charge is 0.134 e. The Hall–Kier alpha value is -6.84. The average molecular weight is 663 g/mol. The topological polar surface area (TPSA) is 19.1 Å². The van der Waals surface area contributed by atoms with E-state index in [4.69, 9.17) is 4.74 Å². The molecule has 10 aromatic rings. The molecular weight excluding hydrogens is 633 g/mol. The van der Waals surface area contributed by atoms with Crippen molar-refractivity contribution in [3.63, 3.8) is 0 Å². The Morgan fingerprint density at radius 1 is 0.327 bits per heavy atom. The molecule has 0 saturated carbocycles. The van der Waals surface area contributed by atoms with Gasteiger partial charge < -0.3 is 13.9 Å². The van der Waals surface area contributed by atoms with Gasteiger partial charge in [0, 0.05) is 50.1 Å². The molecule has 0 bridgehead atoms. The molecule has 8 aromatic carbocycles. The second kappa shape index (κ2) is 10.1. The molecule has 1 aliphatic heterocycles. The summed E-state index contributed by atoms with van der Waals surface area (Å²) in [5.41, 5.74) is 13.8. The second-order valence-electron chi connectivity index (χ2n) is 14.1. The summed E-state index contributed by atoms with van der Waals surface area (Å²) in [5.74, 6) is 1.78. The van der Waals surface area contributed by atoms with Gasteiger partial charge in [0.05, 0.1) is 27.5 Å². The third kappa shape index (κ3) is 3.45. The predicted molar refractivity (Wildman–Crippen MR) is 212 cm³/mol. The van der Waals surface area contributed by atoms with Gasteiger partial charge in [-0.25, -0.2) is 0 Å². The van der Waals surface area contributed by atoms with E-state index in [0.717, 1.165) is 28.4 Å². The highest BCUT2D eigenvalue weighted by molar-refractivity contribution is 6.13. The number of nitrogens with zero attached hydrogens (tertiary/aromatic N) is 2. The molecule has 1 spiro atoms. The van der Waals surface area contributed by atoms with Gasteiger partial charge in [0.2, 0.25) is 0 Å². The Labute approximate surface area is 300 Å². The fourth-order valence-corrected chi connectivity index (χ4v) is 9.53. The Morgan fingerprint density at radius 2 is 0.865 bits per heavy atom. The number of para-hydroxylation sites is 5. The van der Waals surface area contributed by atoms with Crippen LogP contribution in [0.1, 0.15) is 22.3 Å². The molecular formula is C49H30N2O. The van der Waals surface area contributed by atoms with Crippen molar-refractivity contribution in [2.24, 2.45) is 0 Å². The highest BCUT2D eigenvalue weighted by Crippen LogP contribution is 2.63. The van der Waals surface area contributed by atoms with E-state index in [-0.39, 0.29) is 0 Å². The van der Waals surface area contributed by atoms with Crippen LogP contribution in [0.15, 0.2) is 182 Å². The Balaban J connectivity index is 1.26. The summed E-state index contributed by atoms with van der Waals surface area (Å²) in [5, 5.41) is 4.95. The molecule has 1 atom stereocenters. The van der Waals surface area contributed by atoms with Crippen molar-refractivity contribution in [1.82, 2.24) is 9.13 Å². The van der Waals surface area contributed by atoms with Gasteiger partial charge in [-0.1, -0.05) is 115 Å². The number of benzene rings is 8. The van der Waals surface area contributed by atoms with Gasteiger partial charge >= 0.3 is 0 Å². The van der Waals surface area contributed by atoms with Crippen LogP contribution in [0, 0.1) is 0 Å². The average Bonchev–Trinajstić information content (AvgIpc) is 3.81. The van der Waals surface area contributed by atoms with E-state index in [1.807, 2.05) is 0 Å². The lowest BCUT2D eigenvalue weighted by Crippen LogP contribution is -2.32. The Morgan fingerprint density at radius 3 is 1.56 bits per heavy atom. The molecule has 52 heavy (non-hydrogen) atoms. The molecule has 1 aliphatic carbocycles. The minimum atomic E-state index is -0.605. The van der Waals surface area contributed by atoms with Crippen LogP contribution in [-0.2, 0) is 5.41 Å². The van der Waals surface area contributed by atoms with Gasteiger partial charge in [0.1, 0.15) is 11.5 Å². The SMILES string of the molecule is c1ccc(-n2c3ccccc3c3cc4c(cc32)Oc2ccccc2C42c3ccccc3-c3cc4c5ccccc5n(-c5ccccc5)c4cc32)cc1. The van der Waals surface area contributed by atoms with Gasteiger partial charge in [0.25, 0.3) is 0 Å². The van der Waals surface area contributed by atoms with E-state index in [0.29, 0.717) is 0 Å². The quantitative estimate of drug-likeness (QED) is 0.180. The van der Waals surface area contributed by atoms with Crippen LogP contribution in [0.3, 0.4) is 0 Å². The molecule has 1 unspecified atom stereocenters. The van der Waals surface area contributed by atoms with Crippen LogP contribution in [0.4, 0.5) is 0 Å². The van der Waals surface area contributed by atoms with Crippen molar-refractivity contribution in [2.45, 2.75) is 5.41 Å². The lowest BCUT2D eigenvalue weighted by molar-refractivity contribution is 0.437. The highest BCUT2D eigenvalue weighted by atomic mass is 16.5. The minimum absolute atomic E-state index is 0.605. The summed E-state index contributed by atoms with van der Waals surface area (Å²) in [4.78, 5) is 0. The summed E-state index contributed by atoms with van der Waals surface area (Å²) in [7, 11) is 0. The fourth-order valence-electron chi connectivity index (χ4n) is 9.53. The van der Waals surface area contributed by atoms with Gasteiger partial charge in [-0.15, -0.1) is 0 Å². The summed E-state index contributed by atoms with van der Waals surface area (Å²) in [6, 6.07) is 66.4. The number of hydrogen-bond acceptors (Lipinski definition) is 1. The number of aromatic nitrogens is 2. The lowest BCUT2D eigenvalue weighted by atomic mass is 9.66. The summed E-state index contributed by atoms with van der Waals surface area (Å²) in [6.45, 7) is 0. The molecule has 0 amide bonds. The first-order chi connectivity index (χ1) is 25.8. The Bertz CT molecular complexity index is 3100. The molecule has 0 saturated heterocycles. The van der Waals surface area contributed by atoms with Crippen molar-refractivity contribution in [3.8, 4) is 34.0 Å². The normalized spacial score (nSPS) is 15.5. The van der Waals surface area contributed by atoms with Gasteiger partial charge in [-0.3, -0.25) is 0 Å². The Kier molecular flexibility index (Phi) is 5.43. The number of fused-ring (bicyclic) bond motifs is 15. The van der Waals surface area contributed by atoms with E-state index in [2.05, 4.69) is 191 Å². The van der Waals surface area contributed by atoms with Gasteiger partial charge in [0.15, 0.2) is 0 Å². The maximum atomic E-state index is 7.00. The maximum absolute atomic E-state index is 7.00. The van der Waals surface area contributed by atoms with Crippen molar-refractivity contribution in [2.75, 3.05) is 0 Å². The van der Waals surface area contributed by atoms with Crippen LogP contribution in [-0.4, -0.2) is 9.13 Å². The zero-order valence-electron chi connectivity index (χ0n) is 28.1. The second-order valence-corrected chi connectivity index (χ2v) is 14.1. The van der Waals surface area contributed by atoms with Crippen molar-refractivity contribution in [1.29, 1.82) is 0 Å². The van der Waals surface area contributed by atoms with E-state index in [1.165, 1.54) is 71.5 Å². The molecule has 0 fully saturated rings. The molecule has 0 radical (unpaired) electrons. The molecule has 3 heterocycles. The predicted octanol–water partition coefficient (Wildman–Crippen LogP) is 12.3. The molecule has 12 rings (SSSR count). The largest absolute Gasteiger partial charge is 0.457 e. The zero-order valence-corrected chi connectivity index (χ0v) is 28.1. The van der Waals surface area contributed by atoms with Crippen LogP contribution in [0.5, 0.6) is 11.5 Å². The number of hydrogen-bond donors (Lipinski definition) is 0. The van der Waals surface area contributed by atoms with Crippen LogP contribution in [0.25, 0.3) is 66.1 Å². The molecule has 242 valence electrons. The van der Waals surface area contributed by atoms with Crippen molar-refractivity contribution >= 4 is 43.6 Å². The van der Waals surface area contributed by atoms with Crippen LogP contribution < -0.4 is 4.74 Å². The van der Waals surface area contributed by atoms with E-state index < -0.39 is 5.41 Å². The number of rotatable bonds is 2. The fraction of sp³-hybridized carbons (Fsp3) is 0.0204. The molecule has 3 nitrogen and oxygen atoms in total. The van der Waals surface area contributed by atoms with E-state index >= 15 is 0 Å². The molecule has 0 N–H and O–H groups in total. The lowest BCUT2D eigenvalue weighted by Gasteiger charge is -2.39. The monoisotopic (exact) mass is 662 g/mol. The van der Waals surface area contributed by atoms with Crippen LogP contribution in [0.2, 0.25) is 0 Å². The standard InChI is InChI=1S/C49H30N2O/c1-3-15-31(16-4-1)50-43-24-12-8-20-34(43)37-27-36-33-19-7-10-22-39(33)49(41(36)29-45(37)50)40-23-11-14-26-47(40)52-48-30-46-38(28-42(48)49)35-21-9-13-25-44(35)51(46)32-17-5-2-6-18-32/h1-30H. The molecule has 2 aliphatic rings.